The summed E-state index contributed by atoms with van der Waals surface area (Å²) < 4.78 is 12.4. The molecule has 1 aromatic carbocycles. The molecule has 0 spiro atoms. The topological polar surface area (TPSA) is 70.4 Å². The van der Waals surface area contributed by atoms with Crippen LogP contribution in [-0.4, -0.2) is 27.1 Å². The molecule has 2 heterocycles. The van der Waals surface area contributed by atoms with Gasteiger partial charge in [-0.2, -0.15) is 0 Å². The molecule has 2 aromatic rings. The highest BCUT2D eigenvalue weighted by atomic mass is 35.5. The van der Waals surface area contributed by atoms with Crippen molar-refractivity contribution in [3.63, 3.8) is 0 Å². The molecule has 0 amide bonds. The number of halogens is 2. The number of quaternary nitrogens is 1. The lowest BCUT2D eigenvalue weighted by Gasteiger charge is -2.42. The van der Waals surface area contributed by atoms with Crippen LogP contribution in [0.1, 0.15) is 29.2 Å². The number of aryl methyl sites for hydroxylation is 3. The minimum absolute atomic E-state index is 0. The summed E-state index contributed by atoms with van der Waals surface area (Å²) in [5.74, 6) is -0.885. The normalized spacial score (nSPS) is 19.6. The van der Waals surface area contributed by atoms with E-state index in [9.17, 15) is 14.4 Å². The van der Waals surface area contributed by atoms with Crippen LogP contribution in [-0.2, 0) is 4.57 Å². The highest BCUT2D eigenvalue weighted by Gasteiger charge is 2.47. The number of allylic oxidation sites excluding steroid dienone is 2. The quantitative estimate of drug-likeness (QED) is 0.544. The summed E-state index contributed by atoms with van der Waals surface area (Å²) in [6, 6.07) is 8.02. The molecule has 0 radical (unpaired) electrons. The van der Waals surface area contributed by atoms with Crippen molar-refractivity contribution in [3.8, 4) is 0 Å². The van der Waals surface area contributed by atoms with Gasteiger partial charge in [-0.25, -0.2) is 4.48 Å². The Hall–Kier alpha value is -1.46. The van der Waals surface area contributed by atoms with E-state index < -0.39 is 13.4 Å². The number of nitrogens with zero attached hydrogens (tertiary/aromatic N) is 2. The lowest BCUT2D eigenvalue weighted by molar-refractivity contribution is -0.0000113. The molecule has 3 rings (SSSR count). The highest BCUT2D eigenvalue weighted by Crippen LogP contribution is 2.51. The summed E-state index contributed by atoms with van der Waals surface area (Å²) in [6.45, 7) is 8.17. The monoisotopic (exact) mass is 456 g/mol. The van der Waals surface area contributed by atoms with E-state index >= 15 is 0 Å². The van der Waals surface area contributed by atoms with Crippen LogP contribution in [0.25, 0.3) is 5.57 Å². The zero-order valence-corrected chi connectivity index (χ0v) is 19.4. The Labute approximate surface area is 184 Å². The molecule has 0 bridgehead atoms. The molecule has 0 saturated heterocycles. The molecule has 0 aliphatic carbocycles. The predicted octanol–water partition coefficient (Wildman–Crippen LogP) is 1.87. The lowest BCUT2D eigenvalue weighted by atomic mass is 9.98. The minimum Gasteiger partial charge on any atom is -1.00 e. The van der Waals surface area contributed by atoms with Gasteiger partial charge in [0.25, 0.3) is 0 Å². The maximum atomic E-state index is 12.3. The van der Waals surface area contributed by atoms with Crippen LogP contribution in [0.5, 0.6) is 0 Å². The first-order valence-corrected chi connectivity index (χ1v) is 10.6. The number of benzene rings is 1. The highest BCUT2D eigenvalue weighted by molar-refractivity contribution is 7.52. The third kappa shape index (κ3) is 5.00. The smallest absolute Gasteiger partial charge is 0.383 e. The molecular weight excluding hydrogens is 430 g/mol. The van der Waals surface area contributed by atoms with Gasteiger partial charge >= 0.3 is 7.60 Å². The van der Waals surface area contributed by atoms with Gasteiger partial charge in [-0.05, 0) is 56.2 Å². The second kappa shape index (κ2) is 9.57. The van der Waals surface area contributed by atoms with Crippen molar-refractivity contribution in [3.05, 3.63) is 77.3 Å². The van der Waals surface area contributed by atoms with E-state index in [0.717, 1.165) is 33.5 Å². The molecule has 29 heavy (non-hydrogen) atoms. The van der Waals surface area contributed by atoms with Crippen molar-refractivity contribution in [1.29, 1.82) is 0 Å². The molecule has 0 fully saturated rings. The van der Waals surface area contributed by atoms with Gasteiger partial charge in [0, 0.05) is 30.4 Å². The average Bonchev–Trinajstić information content (AvgIpc) is 2.60. The van der Waals surface area contributed by atoms with Crippen LogP contribution < -0.4 is 16.9 Å². The first-order chi connectivity index (χ1) is 12.6. The standard InChI is InChI=1S/C21H25N2O3P.2ClH/c1-15-13-16(2)21(17(3)14-15)23(18(4)27(24,25)26)11-7-20(8-12-23)19-5-9-22-10-6-19;;/h5-11,13-14,18H,12H2,1-4H3,(H-,24,25,26);2*1H. The predicted molar refractivity (Wildman–Crippen MR) is 117 cm³/mol. The van der Waals surface area contributed by atoms with Crippen LogP contribution in [0, 0.1) is 20.8 Å². The summed E-state index contributed by atoms with van der Waals surface area (Å²) in [6.07, 6.45) is 9.44. The van der Waals surface area contributed by atoms with E-state index in [2.05, 4.69) is 23.2 Å². The van der Waals surface area contributed by atoms with Crippen LogP contribution in [0.4, 0.5) is 5.69 Å². The second-order valence-corrected chi connectivity index (χ2v) is 9.22. The molecule has 2 atom stereocenters. The molecule has 1 aromatic heterocycles. The van der Waals surface area contributed by atoms with Crippen molar-refractivity contribution in [2.75, 3.05) is 6.54 Å². The summed E-state index contributed by atoms with van der Waals surface area (Å²) in [5.41, 5.74) is 6.26. The number of hydrogen-bond acceptors (Lipinski definition) is 2. The van der Waals surface area contributed by atoms with E-state index in [-0.39, 0.29) is 29.3 Å². The third-order valence-corrected chi connectivity index (χ3v) is 6.74. The molecule has 1 aliphatic rings. The Kier molecular flexibility index (Phi) is 8.44. The van der Waals surface area contributed by atoms with E-state index in [4.69, 9.17) is 0 Å². The number of pyridine rings is 1. The first kappa shape index (κ1) is 25.6. The van der Waals surface area contributed by atoms with Gasteiger partial charge in [-0.3, -0.25) is 9.55 Å². The van der Waals surface area contributed by atoms with Gasteiger partial charge in [0.05, 0.1) is 0 Å². The number of rotatable bonds is 4. The molecule has 0 saturated carbocycles. The summed E-state index contributed by atoms with van der Waals surface area (Å²) in [5, 5.41) is 0. The Bertz CT molecular complexity index is 950. The summed E-state index contributed by atoms with van der Waals surface area (Å²) in [7, 11) is -4.32. The zero-order valence-electron chi connectivity index (χ0n) is 16.9. The number of hydrogen-bond donors (Lipinski definition) is 2. The summed E-state index contributed by atoms with van der Waals surface area (Å²) >= 11 is 0. The lowest BCUT2D eigenvalue weighted by Crippen LogP contribution is -3.00. The van der Waals surface area contributed by atoms with Crippen molar-refractivity contribution in [2.45, 2.75) is 33.5 Å². The molecule has 1 aliphatic heterocycles. The van der Waals surface area contributed by atoms with Crippen LogP contribution in [0.3, 0.4) is 0 Å². The Balaban J connectivity index is 0.00000210. The molecule has 2 N–H and O–H groups in total. The van der Waals surface area contributed by atoms with Gasteiger partial charge in [-0.15, -0.1) is 12.4 Å². The van der Waals surface area contributed by atoms with E-state index in [1.165, 1.54) is 0 Å². The zero-order chi connectivity index (χ0) is 19.8. The molecule has 8 heteroatoms. The van der Waals surface area contributed by atoms with Gasteiger partial charge in [-0.1, -0.05) is 17.7 Å². The van der Waals surface area contributed by atoms with Gasteiger partial charge in [0.2, 0.25) is 0 Å². The first-order valence-electron chi connectivity index (χ1n) is 8.96. The fourth-order valence-corrected chi connectivity index (χ4v) is 4.90. The minimum atomic E-state index is -4.32. The SMILES string of the molecule is Cc1cc(C)c([N+]2(C(C)P(=O)(O)O)C=CC(c3ccncc3)=CC2)c(C)c1.Cl.[Cl-]. The second-order valence-electron chi connectivity index (χ2n) is 7.29. The Morgan fingerprint density at radius 2 is 1.66 bits per heavy atom. The fourth-order valence-electron chi connectivity index (χ4n) is 4.08. The van der Waals surface area contributed by atoms with Crippen molar-refractivity contribution in [2.24, 2.45) is 0 Å². The molecule has 5 nitrogen and oxygen atoms in total. The van der Waals surface area contributed by atoms with Crippen molar-refractivity contribution < 1.29 is 26.8 Å². The summed E-state index contributed by atoms with van der Waals surface area (Å²) in [4.78, 5) is 24.1. The fraction of sp³-hybridized carbons (Fsp3) is 0.286. The van der Waals surface area contributed by atoms with E-state index in [1.807, 2.05) is 45.2 Å². The Morgan fingerprint density at radius 3 is 2.10 bits per heavy atom. The van der Waals surface area contributed by atoms with Crippen LogP contribution >= 0.6 is 20.0 Å². The molecule has 2 unspecified atom stereocenters. The van der Waals surface area contributed by atoms with E-state index in [1.54, 1.807) is 19.3 Å². The Morgan fingerprint density at radius 1 is 1.10 bits per heavy atom. The van der Waals surface area contributed by atoms with Crippen LogP contribution in [0.2, 0.25) is 0 Å². The van der Waals surface area contributed by atoms with Gasteiger partial charge < -0.3 is 22.2 Å². The largest absolute Gasteiger partial charge is 1.00 e. The maximum Gasteiger partial charge on any atom is 0.383 e. The maximum absolute atomic E-state index is 12.3. The third-order valence-electron chi connectivity index (χ3n) is 5.35. The van der Waals surface area contributed by atoms with Crippen molar-refractivity contribution in [1.82, 2.24) is 9.47 Å². The van der Waals surface area contributed by atoms with Gasteiger partial charge in [0.15, 0.2) is 5.78 Å². The average molecular weight is 457 g/mol. The van der Waals surface area contributed by atoms with Crippen LogP contribution in [0.15, 0.2) is 55.0 Å². The number of aromatic nitrogens is 1. The molecular formula is C21H27Cl2N2O3P. The van der Waals surface area contributed by atoms with Gasteiger partial charge in [0.1, 0.15) is 18.4 Å². The van der Waals surface area contributed by atoms with E-state index in [0.29, 0.717) is 6.54 Å². The van der Waals surface area contributed by atoms with Crippen molar-refractivity contribution >= 4 is 31.3 Å². The molecule has 158 valence electrons.